The minimum absolute atomic E-state index is 0.473. The molecule has 0 aliphatic rings. The topological polar surface area (TPSA) is 35.0 Å². The van der Waals surface area contributed by atoms with E-state index in [1.54, 1.807) is 13.3 Å². The van der Waals surface area contributed by atoms with Crippen LogP contribution in [0, 0.1) is 0 Å². The molecule has 0 N–H and O–H groups in total. The van der Waals surface area contributed by atoms with E-state index in [-0.39, 0.29) is 0 Å². The number of halogens is 1. The molecule has 2 heterocycles. The Labute approximate surface area is 115 Å². The quantitative estimate of drug-likeness (QED) is 0.661. The summed E-state index contributed by atoms with van der Waals surface area (Å²) in [6, 6.07) is 13.4. The maximum absolute atomic E-state index is 6.23. The van der Waals surface area contributed by atoms with Crippen molar-refractivity contribution in [3.8, 4) is 17.1 Å². The van der Waals surface area contributed by atoms with Crippen LogP contribution in [0.5, 0.6) is 5.75 Å². The van der Waals surface area contributed by atoms with Crippen LogP contribution < -0.4 is 4.74 Å². The van der Waals surface area contributed by atoms with Gasteiger partial charge in [-0.1, -0.05) is 17.7 Å². The van der Waals surface area contributed by atoms with E-state index in [1.165, 1.54) is 0 Å². The maximum Gasteiger partial charge on any atom is 0.137 e. The number of nitrogens with zero attached hydrogens (tertiary/aromatic N) is 2. The Hall–Kier alpha value is -2.13. The first-order valence-electron chi connectivity index (χ1n) is 5.83. The molecule has 0 atom stereocenters. The summed E-state index contributed by atoms with van der Waals surface area (Å²) in [5.41, 5.74) is 1.56. The fourth-order valence-electron chi connectivity index (χ4n) is 1.97. The highest BCUT2D eigenvalue weighted by molar-refractivity contribution is 6.34. The number of hydrogen-bond acceptors (Lipinski definition) is 3. The first-order chi connectivity index (χ1) is 9.28. The lowest BCUT2D eigenvalue weighted by molar-refractivity contribution is 0.415. The molecule has 94 valence electrons. The smallest absolute Gasteiger partial charge is 0.137 e. The van der Waals surface area contributed by atoms with Gasteiger partial charge < -0.3 is 4.74 Å². The zero-order valence-corrected chi connectivity index (χ0v) is 11.1. The molecule has 1 aromatic carbocycles. The number of rotatable bonds is 2. The summed E-state index contributed by atoms with van der Waals surface area (Å²) in [5, 5.41) is 2.36. The van der Waals surface area contributed by atoms with Gasteiger partial charge in [0.25, 0.3) is 0 Å². The zero-order valence-electron chi connectivity index (χ0n) is 10.3. The number of ether oxygens (including phenoxy) is 1. The van der Waals surface area contributed by atoms with E-state index >= 15 is 0 Å². The predicted molar refractivity (Wildman–Crippen MR) is 76.5 cm³/mol. The van der Waals surface area contributed by atoms with Crippen LogP contribution in [0.15, 0.2) is 48.7 Å². The molecular weight excluding hydrogens is 260 g/mol. The van der Waals surface area contributed by atoms with E-state index in [4.69, 9.17) is 16.3 Å². The van der Waals surface area contributed by atoms with Gasteiger partial charge in [-0.2, -0.15) is 0 Å². The normalized spacial score (nSPS) is 10.6. The second-order valence-electron chi connectivity index (χ2n) is 4.10. The van der Waals surface area contributed by atoms with Crippen molar-refractivity contribution in [2.24, 2.45) is 0 Å². The summed E-state index contributed by atoms with van der Waals surface area (Å²) in [5.74, 6) is 0.793. The van der Waals surface area contributed by atoms with E-state index in [9.17, 15) is 0 Å². The van der Waals surface area contributed by atoms with Crippen LogP contribution in [0.4, 0.5) is 0 Å². The molecule has 0 spiro atoms. The Morgan fingerprint density at radius 1 is 1.05 bits per heavy atom. The Kier molecular flexibility index (Phi) is 3.05. The van der Waals surface area contributed by atoms with Crippen LogP contribution in [-0.4, -0.2) is 17.1 Å². The number of fused-ring (bicyclic) bond motifs is 1. The summed E-state index contributed by atoms with van der Waals surface area (Å²) in [7, 11) is 1.64. The van der Waals surface area contributed by atoms with Gasteiger partial charge in [0.05, 0.1) is 18.5 Å². The van der Waals surface area contributed by atoms with Crippen LogP contribution in [0.2, 0.25) is 5.15 Å². The van der Waals surface area contributed by atoms with Gasteiger partial charge in [0, 0.05) is 11.6 Å². The van der Waals surface area contributed by atoms with E-state index in [1.807, 2.05) is 42.5 Å². The largest absolute Gasteiger partial charge is 0.497 e. The van der Waals surface area contributed by atoms with E-state index < -0.39 is 0 Å². The van der Waals surface area contributed by atoms with Gasteiger partial charge in [0.2, 0.25) is 0 Å². The lowest BCUT2D eigenvalue weighted by Crippen LogP contribution is -1.90. The van der Waals surface area contributed by atoms with Gasteiger partial charge in [0.1, 0.15) is 10.9 Å². The number of benzene rings is 1. The minimum atomic E-state index is 0.473. The van der Waals surface area contributed by atoms with Crippen molar-refractivity contribution in [2.45, 2.75) is 0 Å². The molecule has 3 nitrogen and oxygen atoms in total. The Morgan fingerprint density at radius 3 is 2.68 bits per heavy atom. The highest BCUT2D eigenvalue weighted by Gasteiger charge is 2.07. The monoisotopic (exact) mass is 270 g/mol. The molecule has 0 bridgehead atoms. The molecule has 19 heavy (non-hydrogen) atoms. The van der Waals surface area contributed by atoms with Crippen molar-refractivity contribution in [1.82, 2.24) is 9.97 Å². The highest BCUT2D eigenvalue weighted by atomic mass is 35.5. The molecule has 0 amide bonds. The lowest BCUT2D eigenvalue weighted by Gasteiger charge is -2.06. The van der Waals surface area contributed by atoms with Crippen molar-refractivity contribution in [3.05, 3.63) is 53.8 Å². The molecule has 0 unspecified atom stereocenters. The van der Waals surface area contributed by atoms with Crippen molar-refractivity contribution >= 4 is 22.4 Å². The average Bonchev–Trinajstić information content (AvgIpc) is 2.47. The molecule has 2 aromatic heterocycles. The molecule has 3 aromatic rings. The minimum Gasteiger partial charge on any atom is -0.497 e. The van der Waals surface area contributed by atoms with E-state index in [2.05, 4.69) is 9.97 Å². The zero-order chi connectivity index (χ0) is 13.2. The summed E-state index contributed by atoms with van der Waals surface area (Å²) in [4.78, 5) is 8.68. The molecule has 0 aliphatic carbocycles. The van der Waals surface area contributed by atoms with Gasteiger partial charge in [-0.15, -0.1) is 0 Å². The molecular formula is C15H11ClN2O. The standard InChI is InChI=1S/C15H11ClN2O/c1-19-11-5-6-12-10(8-11)9-14(18-15(12)16)13-4-2-3-7-17-13/h2-9H,1H3. The van der Waals surface area contributed by atoms with Crippen molar-refractivity contribution in [1.29, 1.82) is 0 Å². The fourth-order valence-corrected chi connectivity index (χ4v) is 2.23. The Bertz CT molecular complexity index is 729. The fraction of sp³-hybridized carbons (Fsp3) is 0.0667. The summed E-state index contributed by atoms with van der Waals surface area (Å²) < 4.78 is 5.23. The molecule has 0 saturated carbocycles. The number of aromatic nitrogens is 2. The molecule has 0 radical (unpaired) electrons. The summed E-state index contributed by atoms with van der Waals surface area (Å²) in [6.07, 6.45) is 1.74. The van der Waals surface area contributed by atoms with Crippen LogP contribution in [0.1, 0.15) is 0 Å². The number of pyridine rings is 2. The first kappa shape index (κ1) is 11.9. The molecule has 0 fully saturated rings. The predicted octanol–water partition coefficient (Wildman–Crippen LogP) is 3.96. The van der Waals surface area contributed by atoms with E-state index in [0.29, 0.717) is 5.15 Å². The second kappa shape index (κ2) is 4.86. The molecule has 0 saturated heterocycles. The third-order valence-corrected chi connectivity index (χ3v) is 3.21. The van der Waals surface area contributed by atoms with Crippen molar-refractivity contribution in [2.75, 3.05) is 7.11 Å². The Balaban J connectivity index is 2.23. The summed E-state index contributed by atoms with van der Waals surface area (Å²) >= 11 is 6.23. The van der Waals surface area contributed by atoms with Crippen LogP contribution in [-0.2, 0) is 0 Å². The first-order valence-corrected chi connectivity index (χ1v) is 6.21. The van der Waals surface area contributed by atoms with Gasteiger partial charge in [-0.25, -0.2) is 4.98 Å². The SMILES string of the molecule is COc1ccc2c(Cl)nc(-c3ccccn3)cc2c1. The maximum atomic E-state index is 6.23. The van der Waals surface area contributed by atoms with Gasteiger partial charge in [-0.05, 0) is 41.8 Å². The third kappa shape index (κ3) is 2.25. The number of methoxy groups -OCH3 is 1. The van der Waals surface area contributed by atoms with Gasteiger partial charge in [-0.3, -0.25) is 4.98 Å². The third-order valence-electron chi connectivity index (χ3n) is 2.92. The van der Waals surface area contributed by atoms with Crippen LogP contribution in [0.3, 0.4) is 0 Å². The summed E-state index contributed by atoms with van der Waals surface area (Å²) in [6.45, 7) is 0. The van der Waals surface area contributed by atoms with Gasteiger partial charge >= 0.3 is 0 Å². The highest BCUT2D eigenvalue weighted by Crippen LogP contribution is 2.29. The Morgan fingerprint density at radius 2 is 1.95 bits per heavy atom. The molecule has 4 heteroatoms. The lowest BCUT2D eigenvalue weighted by atomic mass is 10.1. The number of hydrogen-bond donors (Lipinski definition) is 0. The molecule has 3 rings (SSSR count). The van der Waals surface area contributed by atoms with Gasteiger partial charge in [0.15, 0.2) is 0 Å². The van der Waals surface area contributed by atoms with Crippen molar-refractivity contribution < 1.29 is 4.74 Å². The van der Waals surface area contributed by atoms with Crippen LogP contribution in [0.25, 0.3) is 22.2 Å². The van der Waals surface area contributed by atoms with E-state index in [0.717, 1.165) is 27.9 Å². The second-order valence-corrected chi connectivity index (χ2v) is 4.46. The molecule has 0 aliphatic heterocycles. The van der Waals surface area contributed by atoms with Crippen LogP contribution >= 0.6 is 11.6 Å². The van der Waals surface area contributed by atoms with Crippen molar-refractivity contribution in [3.63, 3.8) is 0 Å². The average molecular weight is 271 g/mol.